The van der Waals surface area contributed by atoms with Crippen molar-refractivity contribution < 1.29 is 47.6 Å². The normalized spacial score (nSPS) is 23.9. The van der Waals surface area contributed by atoms with E-state index >= 15 is 0 Å². The fourth-order valence-corrected chi connectivity index (χ4v) is 5.61. The molecule has 1 saturated heterocycles. The van der Waals surface area contributed by atoms with Gasteiger partial charge >= 0.3 is 15.6 Å². The SMILES string of the molecule is O=P(O)(O)OP(=O)(O)OCC1OC(n2cnc3c(Nc4cccc5ccccc45)ncnc32)[C@H](O)[C@@H]1O. The van der Waals surface area contributed by atoms with Crippen LogP contribution in [0.5, 0.6) is 0 Å². The fraction of sp³-hybridized carbons (Fsp3) is 0.250. The third kappa shape index (κ3) is 5.42. The van der Waals surface area contributed by atoms with Crippen LogP contribution in [0.2, 0.25) is 0 Å². The number of imidazole rings is 1. The van der Waals surface area contributed by atoms with E-state index in [1.165, 1.54) is 17.2 Å². The average Bonchev–Trinajstić information content (AvgIpc) is 3.38. The predicted octanol–water partition coefficient (Wildman–Crippen LogP) is 1.57. The number of ether oxygens (including phenoxy) is 1. The molecule has 2 aromatic carbocycles. The molecule has 5 rings (SSSR count). The molecule has 15 nitrogen and oxygen atoms in total. The molecule has 0 radical (unpaired) electrons. The molecular weight excluding hydrogens is 532 g/mol. The third-order valence-electron chi connectivity index (χ3n) is 5.62. The molecule has 5 atom stereocenters. The summed E-state index contributed by atoms with van der Waals surface area (Å²) in [4.78, 5) is 39.7. The lowest BCUT2D eigenvalue weighted by Crippen LogP contribution is -2.33. The van der Waals surface area contributed by atoms with E-state index < -0.39 is 46.8 Å². The van der Waals surface area contributed by atoms with Gasteiger partial charge in [0, 0.05) is 11.1 Å². The van der Waals surface area contributed by atoms with Crippen molar-refractivity contribution in [1.82, 2.24) is 19.5 Å². The van der Waals surface area contributed by atoms with Gasteiger partial charge < -0.3 is 34.9 Å². The standard InChI is InChI=1S/C20H21N5O10P2/c26-16-14(8-33-37(31,32)35-36(28,29)30)34-20(17(16)27)25-10-23-15-18(21-9-22-19(15)25)24-13-7-3-5-11-4-1-2-6-12(11)13/h1-7,9-10,14,16-17,20,26-27H,8H2,(H,31,32)(H,21,22,24)(H2,28,29,30)/t14?,16-,17-,20?/m1/s1. The Morgan fingerprint density at radius 1 is 1.00 bits per heavy atom. The number of benzene rings is 2. The molecule has 1 aliphatic heterocycles. The van der Waals surface area contributed by atoms with Gasteiger partial charge in [-0.15, -0.1) is 0 Å². The highest BCUT2D eigenvalue weighted by atomic mass is 31.3. The lowest BCUT2D eigenvalue weighted by Gasteiger charge is -2.17. The Morgan fingerprint density at radius 2 is 1.76 bits per heavy atom. The zero-order valence-electron chi connectivity index (χ0n) is 18.7. The maximum atomic E-state index is 11.7. The van der Waals surface area contributed by atoms with Crippen molar-refractivity contribution >= 4 is 49.1 Å². The quantitative estimate of drug-likeness (QED) is 0.171. The zero-order valence-corrected chi connectivity index (χ0v) is 20.5. The minimum Gasteiger partial charge on any atom is -0.387 e. The third-order valence-corrected chi connectivity index (χ3v) is 7.78. The van der Waals surface area contributed by atoms with Crippen LogP contribution in [-0.2, 0) is 22.7 Å². The summed E-state index contributed by atoms with van der Waals surface area (Å²) >= 11 is 0. The number of rotatable bonds is 8. The molecule has 37 heavy (non-hydrogen) atoms. The van der Waals surface area contributed by atoms with Gasteiger partial charge in [-0.25, -0.2) is 24.1 Å². The van der Waals surface area contributed by atoms with Crippen LogP contribution in [0.1, 0.15) is 6.23 Å². The van der Waals surface area contributed by atoms with Crippen LogP contribution in [0.3, 0.4) is 0 Å². The number of nitrogens with one attached hydrogen (secondary N) is 1. The molecule has 2 aromatic heterocycles. The Kier molecular flexibility index (Phi) is 6.85. The summed E-state index contributed by atoms with van der Waals surface area (Å²) in [6.07, 6.45) is -3.09. The maximum absolute atomic E-state index is 11.7. The fourth-order valence-electron chi connectivity index (χ4n) is 4.01. The van der Waals surface area contributed by atoms with Gasteiger partial charge in [-0.05, 0) is 11.5 Å². The number of anilines is 2. The lowest BCUT2D eigenvalue weighted by molar-refractivity contribution is -0.0503. The molecular formula is C20H21N5O10P2. The highest BCUT2D eigenvalue weighted by molar-refractivity contribution is 7.60. The summed E-state index contributed by atoms with van der Waals surface area (Å²) in [6.45, 7) is -0.821. The lowest BCUT2D eigenvalue weighted by atomic mass is 10.1. The first kappa shape index (κ1) is 25.8. The number of phosphoric acid groups is 2. The van der Waals surface area contributed by atoms with Crippen molar-refractivity contribution in [3.8, 4) is 0 Å². The number of nitrogens with zero attached hydrogens (tertiary/aromatic N) is 4. The van der Waals surface area contributed by atoms with Gasteiger partial charge in [0.2, 0.25) is 0 Å². The molecule has 17 heteroatoms. The van der Waals surface area contributed by atoms with Gasteiger partial charge in [0.25, 0.3) is 0 Å². The summed E-state index contributed by atoms with van der Waals surface area (Å²) in [5.41, 5.74) is 1.38. The number of aliphatic hydroxyl groups excluding tert-OH is 2. The monoisotopic (exact) mass is 553 g/mol. The Morgan fingerprint density at radius 3 is 2.54 bits per heavy atom. The van der Waals surface area contributed by atoms with Crippen LogP contribution in [0, 0.1) is 0 Å². The number of fused-ring (bicyclic) bond motifs is 2. The summed E-state index contributed by atoms with van der Waals surface area (Å²) < 4.78 is 37.7. The molecule has 1 aliphatic rings. The van der Waals surface area contributed by atoms with E-state index in [0.29, 0.717) is 11.3 Å². The number of hydrogen-bond donors (Lipinski definition) is 6. The van der Waals surface area contributed by atoms with E-state index in [2.05, 4.69) is 29.1 Å². The van der Waals surface area contributed by atoms with Gasteiger partial charge in [-0.2, -0.15) is 4.31 Å². The summed E-state index contributed by atoms with van der Waals surface area (Å²) in [5.74, 6) is 0.379. The van der Waals surface area contributed by atoms with E-state index in [1.807, 2.05) is 42.5 Å². The van der Waals surface area contributed by atoms with Crippen LogP contribution < -0.4 is 5.32 Å². The van der Waals surface area contributed by atoms with Gasteiger partial charge in [0.15, 0.2) is 23.2 Å². The van der Waals surface area contributed by atoms with Crippen LogP contribution in [0.4, 0.5) is 11.5 Å². The van der Waals surface area contributed by atoms with Crippen molar-refractivity contribution in [2.75, 3.05) is 11.9 Å². The first-order valence-electron chi connectivity index (χ1n) is 10.7. The van der Waals surface area contributed by atoms with Crippen molar-refractivity contribution in [3.63, 3.8) is 0 Å². The first-order chi connectivity index (χ1) is 17.5. The second kappa shape index (κ2) is 9.82. The smallest absolute Gasteiger partial charge is 0.387 e. The van der Waals surface area contributed by atoms with Crippen molar-refractivity contribution in [3.05, 3.63) is 55.1 Å². The molecule has 6 N–H and O–H groups in total. The number of aromatic nitrogens is 4. The number of aliphatic hydroxyl groups is 2. The second-order valence-electron chi connectivity index (χ2n) is 8.08. The molecule has 196 valence electrons. The predicted molar refractivity (Wildman–Crippen MR) is 127 cm³/mol. The molecule has 1 fully saturated rings. The van der Waals surface area contributed by atoms with E-state index in [0.717, 1.165) is 16.5 Å². The van der Waals surface area contributed by atoms with E-state index in [9.17, 15) is 24.2 Å². The van der Waals surface area contributed by atoms with Crippen molar-refractivity contribution in [1.29, 1.82) is 0 Å². The van der Waals surface area contributed by atoms with Gasteiger partial charge in [-0.1, -0.05) is 36.4 Å². The van der Waals surface area contributed by atoms with Gasteiger partial charge in [-0.3, -0.25) is 9.09 Å². The minimum absolute atomic E-state index is 0.258. The molecule has 0 spiro atoms. The molecule has 3 unspecified atom stereocenters. The highest BCUT2D eigenvalue weighted by Crippen LogP contribution is 2.57. The maximum Gasteiger partial charge on any atom is 0.481 e. The zero-order chi connectivity index (χ0) is 26.4. The minimum atomic E-state index is -5.32. The topological polar surface area (TPSA) is 219 Å². The van der Waals surface area contributed by atoms with Crippen LogP contribution in [0.15, 0.2) is 55.1 Å². The highest BCUT2D eigenvalue weighted by Gasteiger charge is 2.46. The van der Waals surface area contributed by atoms with Crippen LogP contribution in [-0.4, -0.2) is 69.3 Å². The molecule has 0 amide bonds. The van der Waals surface area contributed by atoms with E-state index in [-0.39, 0.29) is 5.65 Å². The molecule has 0 saturated carbocycles. The summed E-state index contributed by atoms with van der Waals surface area (Å²) in [6, 6.07) is 13.5. The van der Waals surface area contributed by atoms with E-state index in [4.69, 9.17) is 14.5 Å². The molecule has 0 aliphatic carbocycles. The Bertz CT molecular complexity index is 1540. The number of phosphoric ester groups is 1. The second-order valence-corrected chi connectivity index (χ2v) is 10.9. The van der Waals surface area contributed by atoms with E-state index in [1.54, 1.807) is 0 Å². The van der Waals surface area contributed by atoms with Crippen molar-refractivity contribution in [2.45, 2.75) is 24.5 Å². The number of hydrogen-bond acceptors (Lipinski definition) is 11. The summed E-state index contributed by atoms with van der Waals surface area (Å²) in [5, 5.41) is 26.2. The Hall–Kier alpha value is -2.81. The van der Waals surface area contributed by atoms with Crippen molar-refractivity contribution in [2.24, 2.45) is 0 Å². The largest absolute Gasteiger partial charge is 0.481 e. The molecule has 3 heterocycles. The van der Waals surface area contributed by atoms with Gasteiger partial charge in [0.1, 0.15) is 24.6 Å². The Balaban J connectivity index is 1.38. The molecule has 4 aromatic rings. The summed E-state index contributed by atoms with van der Waals surface area (Å²) in [7, 11) is -10.5. The van der Waals surface area contributed by atoms with Crippen LogP contribution >= 0.6 is 15.6 Å². The Labute approximate surface area is 208 Å². The molecule has 0 bridgehead atoms. The average molecular weight is 553 g/mol. The van der Waals surface area contributed by atoms with Crippen LogP contribution in [0.25, 0.3) is 21.9 Å². The first-order valence-corrected chi connectivity index (χ1v) is 13.7. The van der Waals surface area contributed by atoms with Gasteiger partial charge in [0.05, 0.1) is 12.9 Å².